The molecule has 5 heteroatoms. The number of aromatic nitrogens is 1. The van der Waals surface area contributed by atoms with Crippen molar-refractivity contribution in [1.29, 1.82) is 0 Å². The summed E-state index contributed by atoms with van der Waals surface area (Å²) in [4.78, 5) is 16.5. The van der Waals surface area contributed by atoms with Crippen LogP contribution in [0.5, 0.6) is 0 Å². The fourth-order valence-electron chi connectivity index (χ4n) is 1.80. The van der Waals surface area contributed by atoms with Crippen LogP contribution in [0.25, 0.3) is 0 Å². The Morgan fingerprint density at radius 1 is 1.42 bits per heavy atom. The Kier molecular flexibility index (Phi) is 6.84. The molecule has 1 atom stereocenters. The largest absolute Gasteiger partial charge is 0.369 e. The smallest absolute Gasteiger partial charge is 0.255 e. The molecule has 0 radical (unpaired) electrons. The average Bonchev–Trinajstić information content (AvgIpc) is 2.37. The van der Waals surface area contributed by atoms with E-state index in [2.05, 4.69) is 45.4 Å². The second kappa shape index (κ2) is 8.15. The topological polar surface area (TPSA) is 54.0 Å². The summed E-state index contributed by atoms with van der Waals surface area (Å²) >= 11 is 3.36. The van der Waals surface area contributed by atoms with Crippen molar-refractivity contribution in [2.75, 3.05) is 11.9 Å². The molecule has 1 unspecified atom stereocenters. The van der Waals surface area contributed by atoms with Crippen LogP contribution in [0.15, 0.2) is 16.7 Å². The second-order valence-corrected chi connectivity index (χ2v) is 5.56. The van der Waals surface area contributed by atoms with E-state index in [1.54, 1.807) is 12.3 Å². The molecule has 1 rings (SSSR count). The highest BCUT2D eigenvalue weighted by atomic mass is 79.9. The molecule has 0 saturated carbocycles. The van der Waals surface area contributed by atoms with Crippen molar-refractivity contribution in [2.45, 2.75) is 46.1 Å². The normalized spacial score (nSPS) is 12.0. The summed E-state index contributed by atoms with van der Waals surface area (Å²) in [7, 11) is 0. The fraction of sp³-hybridized carbons (Fsp3) is 0.571. The number of rotatable bonds is 7. The van der Waals surface area contributed by atoms with Crippen molar-refractivity contribution in [3.8, 4) is 0 Å². The Balaban J connectivity index is 2.84. The Morgan fingerprint density at radius 2 is 2.16 bits per heavy atom. The predicted molar refractivity (Wildman–Crippen MR) is 82.6 cm³/mol. The van der Waals surface area contributed by atoms with Crippen molar-refractivity contribution in [3.05, 3.63) is 22.3 Å². The number of nitrogens with zero attached hydrogens (tertiary/aromatic N) is 1. The van der Waals surface area contributed by atoms with E-state index in [1.807, 2.05) is 6.92 Å². The lowest BCUT2D eigenvalue weighted by Gasteiger charge is -2.15. The van der Waals surface area contributed by atoms with E-state index < -0.39 is 0 Å². The molecular weight excluding hydrogens is 306 g/mol. The maximum atomic E-state index is 12.3. The van der Waals surface area contributed by atoms with E-state index in [0.717, 1.165) is 30.3 Å². The highest BCUT2D eigenvalue weighted by Crippen LogP contribution is 2.18. The van der Waals surface area contributed by atoms with Gasteiger partial charge < -0.3 is 10.6 Å². The lowest BCUT2D eigenvalue weighted by atomic mass is 10.1. The molecule has 1 heterocycles. The second-order valence-electron chi connectivity index (χ2n) is 4.64. The van der Waals surface area contributed by atoms with Crippen molar-refractivity contribution in [3.63, 3.8) is 0 Å². The zero-order chi connectivity index (χ0) is 14.3. The first-order chi connectivity index (χ1) is 9.08. The van der Waals surface area contributed by atoms with Gasteiger partial charge in [0.2, 0.25) is 0 Å². The van der Waals surface area contributed by atoms with Gasteiger partial charge >= 0.3 is 0 Å². The Labute approximate surface area is 123 Å². The number of anilines is 1. The molecule has 0 aliphatic carbocycles. The van der Waals surface area contributed by atoms with Crippen LogP contribution in [0, 0.1) is 0 Å². The first-order valence-electron chi connectivity index (χ1n) is 6.78. The lowest BCUT2D eigenvalue weighted by molar-refractivity contribution is 0.0939. The van der Waals surface area contributed by atoms with Gasteiger partial charge in [0.15, 0.2) is 0 Å². The van der Waals surface area contributed by atoms with Gasteiger partial charge in [-0.1, -0.05) is 20.3 Å². The number of carbonyl (C=O) groups is 1. The quantitative estimate of drug-likeness (QED) is 0.804. The van der Waals surface area contributed by atoms with Crippen molar-refractivity contribution in [2.24, 2.45) is 0 Å². The van der Waals surface area contributed by atoms with E-state index in [4.69, 9.17) is 0 Å². The number of pyridine rings is 1. The van der Waals surface area contributed by atoms with Crippen LogP contribution < -0.4 is 10.6 Å². The lowest BCUT2D eigenvalue weighted by Crippen LogP contribution is -2.33. The van der Waals surface area contributed by atoms with Gasteiger partial charge in [0.25, 0.3) is 5.91 Å². The van der Waals surface area contributed by atoms with E-state index in [0.29, 0.717) is 11.4 Å². The van der Waals surface area contributed by atoms with E-state index in [-0.39, 0.29) is 11.9 Å². The standard InChI is InChI=1S/C14H22BrN3O/c1-4-6-10(3)18-14(19)12-8-11(15)9-17-13(12)16-7-5-2/h8-10H,4-7H2,1-3H3,(H,16,17)(H,18,19). The molecule has 2 N–H and O–H groups in total. The SMILES string of the molecule is CCCNc1ncc(Br)cc1C(=O)NC(C)CCC. The molecular formula is C14H22BrN3O. The Hall–Kier alpha value is -1.10. The highest BCUT2D eigenvalue weighted by Gasteiger charge is 2.15. The van der Waals surface area contributed by atoms with Crippen molar-refractivity contribution in [1.82, 2.24) is 10.3 Å². The number of halogens is 1. The molecule has 0 aliphatic heterocycles. The van der Waals surface area contributed by atoms with Crippen LogP contribution in [0.2, 0.25) is 0 Å². The third kappa shape index (κ3) is 5.19. The van der Waals surface area contributed by atoms with Crippen LogP contribution >= 0.6 is 15.9 Å². The van der Waals surface area contributed by atoms with Gasteiger partial charge in [-0.05, 0) is 41.8 Å². The molecule has 1 aromatic rings. The van der Waals surface area contributed by atoms with Gasteiger partial charge in [0, 0.05) is 23.3 Å². The van der Waals surface area contributed by atoms with Gasteiger partial charge in [-0.25, -0.2) is 4.98 Å². The first kappa shape index (κ1) is 16.0. The summed E-state index contributed by atoms with van der Waals surface area (Å²) in [5.74, 6) is 0.569. The summed E-state index contributed by atoms with van der Waals surface area (Å²) in [5, 5.41) is 6.18. The van der Waals surface area contributed by atoms with Gasteiger partial charge in [-0.15, -0.1) is 0 Å². The van der Waals surface area contributed by atoms with Gasteiger partial charge in [0.1, 0.15) is 5.82 Å². The van der Waals surface area contributed by atoms with Crippen LogP contribution in [0.3, 0.4) is 0 Å². The minimum atomic E-state index is -0.0756. The van der Waals surface area contributed by atoms with Gasteiger partial charge in [0.05, 0.1) is 5.56 Å². The Morgan fingerprint density at radius 3 is 2.79 bits per heavy atom. The molecule has 0 saturated heterocycles. The van der Waals surface area contributed by atoms with E-state index in [9.17, 15) is 4.79 Å². The number of hydrogen-bond acceptors (Lipinski definition) is 3. The first-order valence-corrected chi connectivity index (χ1v) is 7.58. The minimum Gasteiger partial charge on any atom is -0.369 e. The molecule has 0 aromatic carbocycles. The maximum absolute atomic E-state index is 12.3. The zero-order valence-corrected chi connectivity index (χ0v) is 13.4. The number of amides is 1. The summed E-state index contributed by atoms with van der Waals surface area (Å²) < 4.78 is 0.808. The highest BCUT2D eigenvalue weighted by molar-refractivity contribution is 9.10. The van der Waals surface area contributed by atoms with Crippen LogP contribution in [0.1, 0.15) is 50.4 Å². The minimum absolute atomic E-state index is 0.0756. The molecule has 0 spiro atoms. The van der Waals surface area contributed by atoms with Gasteiger partial charge in [-0.2, -0.15) is 0 Å². The van der Waals surface area contributed by atoms with Crippen LogP contribution in [-0.4, -0.2) is 23.5 Å². The summed E-state index contributed by atoms with van der Waals surface area (Å²) in [5.41, 5.74) is 0.589. The molecule has 106 valence electrons. The summed E-state index contributed by atoms with van der Waals surface area (Å²) in [6.45, 7) is 7.01. The van der Waals surface area contributed by atoms with Crippen LogP contribution in [0.4, 0.5) is 5.82 Å². The predicted octanol–water partition coefficient (Wildman–Crippen LogP) is 3.58. The molecule has 1 aromatic heterocycles. The van der Waals surface area contributed by atoms with Crippen LogP contribution in [-0.2, 0) is 0 Å². The van der Waals surface area contributed by atoms with Crippen molar-refractivity contribution >= 4 is 27.7 Å². The molecule has 0 bridgehead atoms. The molecule has 0 fully saturated rings. The van der Waals surface area contributed by atoms with Crippen molar-refractivity contribution < 1.29 is 4.79 Å². The third-order valence-electron chi connectivity index (χ3n) is 2.74. The molecule has 19 heavy (non-hydrogen) atoms. The fourth-order valence-corrected chi connectivity index (χ4v) is 2.13. The van der Waals surface area contributed by atoms with Gasteiger partial charge in [-0.3, -0.25) is 4.79 Å². The number of nitrogens with one attached hydrogen (secondary N) is 2. The number of carbonyl (C=O) groups excluding carboxylic acids is 1. The molecule has 0 aliphatic rings. The zero-order valence-electron chi connectivity index (χ0n) is 11.8. The third-order valence-corrected chi connectivity index (χ3v) is 3.17. The maximum Gasteiger partial charge on any atom is 0.255 e. The average molecular weight is 328 g/mol. The van der Waals surface area contributed by atoms with E-state index >= 15 is 0 Å². The monoisotopic (exact) mass is 327 g/mol. The molecule has 1 amide bonds. The Bertz CT molecular complexity index is 423. The number of hydrogen-bond donors (Lipinski definition) is 2. The molecule has 4 nitrogen and oxygen atoms in total. The van der Waals surface area contributed by atoms with E-state index in [1.165, 1.54) is 0 Å². The summed E-state index contributed by atoms with van der Waals surface area (Å²) in [6.07, 6.45) is 4.72. The summed E-state index contributed by atoms with van der Waals surface area (Å²) in [6, 6.07) is 1.98.